The lowest BCUT2D eigenvalue weighted by atomic mass is 9.96. The number of esters is 2. The van der Waals surface area contributed by atoms with E-state index in [0.717, 1.165) is 11.1 Å². The number of ether oxygens (including phenoxy) is 2. The quantitative estimate of drug-likeness (QED) is 0.237. The molecule has 0 bridgehead atoms. The topological polar surface area (TPSA) is 100 Å². The fourth-order valence-corrected chi connectivity index (χ4v) is 6.03. The van der Waals surface area contributed by atoms with Crippen molar-refractivity contribution in [3.8, 4) is 11.3 Å². The molecule has 5 rings (SSSR count). The molecule has 0 fully saturated rings. The van der Waals surface area contributed by atoms with E-state index in [9.17, 15) is 14.4 Å². The number of carbonyl (C=O) groups is 2. The summed E-state index contributed by atoms with van der Waals surface area (Å²) >= 11 is 7.36. The van der Waals surface area contributed by atoms with Crippen molar-refractivity contribution in [2.75, 3.05) is 0 Å². The first-order chi connectivity index (χ1) is 20.4. The molecule has 0 N–H and O–H groups in total. The van der Waals surface area contributed by atoms with Crippen molar-refractivity contribution in [2.45, 2.75) is 59.8 Å². The summed E-state index contributed by atoms with van der Waals surface area (Å²) in [5.41, 5.74) is 3.30. The highest BCUT2D eigenvalue weighted by molar-refractivity contribution is 7.07. The monoisotopic (exact) mass is 618 g/mol. The predicted molar refractivity (Wildman–Crippen MR) is 166 cm³/mol. The summed E-state index contributed by atoms with van der Waals surface area (Å²) in [6, 6.07) is 15.2. The summed E-state index contributed by atoms with van der Waals surface area (Å²) in [5, 5.41) is 0.539. The molecule has 0 unspecified atom stereocenters. The van der Waals surface area contributed by atoms with E-state index in [1.807, 2.05) is 19.1 Å². The maximum atomic E-state index is 13.9. The van der Waals surface area contributed by atoms with Crippen LogP contribution >= 0.6 is 22.9 Å². The van der Waals surface area contributed by atoms with Gasteiger partial charge in [-0.1, -0.05) is 41.1 Å². The number of benzene rings is 2. The van der Waals surface area contributed by atoms with E-state index in [0.29, 0.717) is 48.3 Å². The zero-order valence-corrected chi connectivity index (χ0v) is 26.2. The van der Waals surface area contributed by atoms with Crippen LogP contribution in [-0.4, -0.2) is 28.7 Å². The molecule has 0 saturated heterocycles. The number of carbonyl (C=O) groups excluding carboxylic acids is 2. The fourth-order valence-electron chi connectivity index (χ4n) is 4.87. The normalized spacial score (nSPS) is 15.1. The second kappa shape index (κ2) is 12.2. The first-order valence-electron chi connectivity index (χ1n) is 13.8. The second-order valence-electron chi connectivity index (χ2n) is 10.8. The van der Waals surface area contributed by atoms with Gasteiger partial charge in [0.25, 0.3) is 5.56 Å². The number of hydrogen-bond donors (Lipinski definition) is 0. The van der Waals surface area contributed by atoms with Gasteiger partial charge in [0.1, 0.15) is 11.5 Å². The molecule has 8 nitrogen and oxygen atoms in total. The lowest BCUT2D eigenvalue weighted by molar-refractivity contribution is -0.143. The molecule has 1 aliphatic rings. The zero-order valence-electron chi connectivity index (χ0n) is 24.6. The standard InChI is InChI=1S/C33H31ClN2O6S/c1-17(2)40-31(38)22-9-13-25(19(5)15-22)26-14-12-24(42-26)16-27-30(37)36-29(21-7-10-23(34)11-8-21)28(32(39)41-18(3)4)20(6)35-33(36)43-27/h7-18,29H,1-6H3/b27-16+/t29-/m1/s1. The average molecular weight is 619 g/mol. The molecule has 0 saturated carbocycles. The van der Waals surface area contributed by atoms with Crippen LogP contribution in [0.5, 0.6) is 0 Å². The largest absolute Gasteiger partial charge is 0.459 e. The summed E-state index contributed by atoms with van der Waals surface area (Å²) in [5.74, 6) is 0.156. The summed E-state index contributed by atoms with van der Waals surface area (Å²) < 4.78 is 18.9. The third kappa shape index (κ3) is 6.28. The molecule has 43 heavy (non-hydrogen) atoms. The van der Waals surface area contributed by atoms with E-state index in [1.165, 1.54) is 15.9 Å². The molecule has 0 amide bonds. The van der Waals surface area contributed by atoms with Gasteiger partial charge in [-0.05, 0) is 89.1 Å². The van der Waals surface area contributed by atoms with Crippen molar-refractivity contribution in [1.29, 1.82) is 0 Å². The molecule has 222 valence electrons. The summed E-state index contributed by atoms with van der Waals surface area (Å²) in [4.78, 5) is 44.5. The van der Waals surface area contributed by atoms with Crippen LogP contribution < -0.4 is 14.9 Å². The van der Waals surface area contributed by atoms with Crippen LogP contribution in [0.2, 0.25) is 5.02 Å². The van der Waals surface area contributed by atoms with Crippen molar-refractivity contribution < 1.29 is 23.5 Å². The highest BCUT2D eigenvalue weighted by Gasteiger charge is 2.33. The zero-order chi connectivity index (χ0) is 31.0. The van der Waals surface area contributed by atoms with E-state index in [-0.39, 0.29) is 23.7 Å². The van der Waals surface area contributed by atoms with E-state index in [4.69, 9.17) is 25.5 Å². The maximum Gasteiger partial charge on any atom is 0.338 e. The molecule has 2 aromatic heterocycles. The third-order valence-electron chi connectivity index (χ3n) is 6.74. The first-order valence-corrected chi connectivity index (χ1v) is 15.0. The highest BCUT2D eigenvalue weighted by atomic mass is 35.5. The Hall–Kier alpha value is -4.21. The Bertz CT molecular complexity index is 1930. The number of allylic oxidation sites excluding steroid dienone is 1. The van der Waals surface area contributed by atoms with Crippen molar-refractivity contribution in [3.63, 3.8) is 0 Å². The Morgan fingerprint density at radius 1 is 0.977 bits per heavy atom. The minimum atomic E-state index is -0.738. The van der Waals surface area contributed by atoms with Gasteiger partial charge < -0.3 is 13.9 Å². The number of aromatic nitrogens is 1. The van der Waals surface area contributed by atoms with E-state index in [1.54, 1.807) is 83.2 Å². The van der Waals surface area contributed by atoms with Crippen LogP contribution in [0, 0.1) is 6.92 Å². The lowest BCUT2D eigenvalue weighted by Gasteiger charge is -2.25. The number of nitrogens with zero attached hydrogens (tertiary/aromatic N) is 2. The van der Waals surface area contributed by atoms with Crippen LogP contribution in [-0.2, 0) is 14.3 Å². The van der Waals surface area contributed by atoms with Crippen molar-refractivity contribution >= 4 is 41.0 Å². The van der Waals surface area contributed by atoms with E-state index >= 15 is 0 Å². The molecular formula is C33H31ClN2O6S. The Kier molecular flexibility index (Phi) is 8.57. The van der Waals surface area contributed by atoms with Gasteiger partial charge in [0.15, 0.2) is 4.80 Å². The van der Waals surface area contributed by atoms with Gasteiger partial charge in [-0.3, -0.25) is 9.36 Å². The van der Waals surface area contributed by atoms with Gasteiger partial charge >= 0.3 is 11.9 Å². The minimum Gasteiger partial charge on any atom is -0.459 e. The number of furan rings is 1. The lowest BCUT2D eigenvalue weighted by Crippen LogP contribution is -2.40. The summed E-state index contributed by atoms with van der Waals surface area (Å²) in [6.07, 6.45) is 1.11. The van der Waals surface area contributed by atoms with Crippen LogP contribution in [0.25, 0.3) is 17.4 Å². The number of hydrogen-bond acceptors (Lipinski definition) is 8. The fraction of sp³-hybridized carbons (Fsp3) is 0.273. The van der Waals surface area contributed by atoms with Crippen LogP contribution in [0.1, 0.15) is 67.9 Å². The van der Waals surface area contributed by atoms with E-state index < -0.39 is 12.0 Å². The number of aryl methyl sites for hydroxylation is 1. The molecule has 3 heterocycles. The Morgan fingerprint density at radius 3 is 2.30 bits per heavy atom. The third-order valence-corrected chi connectivity index (χ3v) is 7.98. The summed E-state index contributed by atoms with van der Waals surface area (Å²) in [6.45, 7) is 10.8. The Morgan fingerprint density at radius 2 is 1.65 bits per heavy atom. The smallest absolute Gasteiger partial charge is 0.338 e. The van der Waals surface area contributed by atoms with Gasteiger partial charge in [-0.25, -0.2) is 14.6 Å². The second-order valence-corrected chi connectivity index (χ2v) is 12.2. The van der Waals surface area contributed by atoms with Crippen molar-refractivity contribution in [3.05, 3.63) is 113 Å². The van der Waals surface area contributed by atoms with E-state index in [2.05, 4.69) is 4.99 Å². The van der Waals surface area contributed by atoms with Gasteiger partial charge in [0.2, 0.25) is 0 Å². The molecule has 1 atom stereocenters. The molecule has 10 heteroatoms. The van der Waals surface area contributed by atoms with Gasteiger partial charge in [-0.15, -0.1) is 0 Å². The SMILES string of the molecule is CC1=C(C(=O)OC(C)C)[C@@H](c2ccc(Cl)cc2)n2c(s/c(=C/c3ccc(-c4ccc(C(=O)OC(C)C)cc4C)o3)c2=O)=N1. The van der Waals surface area contributed by atoms with Gasteiger partial charge in [-0.2, -0.15) is 0 Å². The number of thiazole rings is 1. The number of halogens is 1. The molecule has 1 aliphatic heterocycles. The average Bonchev–Trinajstić information content (AvgIpc) is 3.51. The molecule has 4 aromatic rings. The van der Waals surface area contributed by atoms with Crippen LogP contribution in [0.15, 0.2) is 80.1 Å². The number of rotatable bonds is 7. The Balaban J connectivity index is 1.55. The molecule has 0 aliphatic carbocycles. The molecule has 2 aromatic carbocycles. The molecule has 0 spiro atoms. The predicted octanol–water partition coefficient (Wildman–Crippen LogP) is 5.97. The number of fused-ring (bicyclic) bond motifs is 1. The first kappa shape index (κ1) is 30.3. The minimum absolute atomic E-state index is 0.211. The maximum absolute atomic E-state index is 13.9. The molecule has 0 radical (unpaired) electrons. The molecular weight excluding hydrogens is 588 g/mol. The van der Waals surface area contributed by atoms with Crippen LogP contribution in [0.4, 0.5) is 0 Å². The van der Waals surface area contributed by atoms with Crippen molar-refractivity contribution in [1.82, 2.24) is 4.57 Å². The van der Waals surface area contributed by atoms with Crippen LogP contribution in [0.3, 0.4) is 0 Å². The van der Waals surface area contributed by atoms with Crippen molar-refractivity contribution in [2.24, 2.45) is 4.99 Å². The Labute approximate surface area is 257 Å². The summed E-state index contributed by atoms with van der Waals surface area (Å²) in [7, 11) is 0. The van der Waals surface area contributed by atoms with Gasteiger partial charge in [0, 0.05) is 16.7 Å². The van der Waals surface area contributed by atoms with Gasteiger partial charge in [0.05, 0.1) is 39.6 Å². The highest BCUT2D eigenvalue weighted by Crippen LogP contribution is 2.32.